The van der Waals surface area contributed by atoms with Crippen LogP contribution in [0.4, 0.5) is 10.2 Å². The maximum Gasteiger partial charge on any atom is 0.233 e. The lowest BCUT2D eigenvalue weighted by molar-refractivity contribution is -0.155. The van der Waals surface area contributed by atoms with Crippen LogP contribution in [0.3, 0.4) is 0 Å². The van der Waals surface area contributed by atoms with E-state index in [1.54, 1.807) is 14.1 Å². The van der Waals surface area contributed by atoms with Crippen LogP contribution in [0.25, 0.3) is 0 Å². The van der Waals surface area contributed by atoms with Gasteiger partial charge in [0, 0.05) is 14.1 Å². The minimum atomic E-state index is -0.659. The number of rotatable bonds is 9. The number of nitrogens with one attached hydrogen (secondary N) is 1. The predicted octanol–water partition coefficient (Wildman–Crippen LogP) is 2.00. The van der Waals surface area contributed by atoms with Gasteiger partial charge in [-0.2, -0.15) is 4.98 Å². The zero-order valence-corrected chi connectivity index (χ0v) is 16.2. The fourth-order valence-corrected chi connectivity index (χ4v) is 3.54. The minimum Gasteiger partial charge on any atom is -0.360 e. The smallest absolute Gasteiger partial charge is 0.233 e. The Morgan fingerprint density at radius 2 is 2.07 bits per heavy atom. The van der Waals surface area contributed by atoms with E-state index in [4.69, 9.17) is 11.6 Å². The molecule has 0 bridgehead atoms. The lowest BCUT2D eigenvalue weighted by Crippen LogP contribution is -2.38. The molecule has 0 unspecified atom stereocenters. The minimum absolute atomic E-state index is 0.0251. The highest BCUT2D eigenvalue weighted by Crippen LogP contribution is 2.30. The van der Waals surface area contributed by atoms with Gasteiger partial charge in [0.25, 0.3) is 0 Å². The number of carbonyl (C=O) groups is 2. The van der Waals surface area contributed by atoms with E-state index >= 15 is 0 Å². The number of anilines is 1. The van der Waals surface area contributed by atoms with Gasteiger partial charge in [-0.15, -0.1) is 0 Å². The summed E-state index contributed by atoms with van der Waals surface area (Å²) in [6.07, 6.45) is 5.12. The first kappa shape index (κ1) is 21.3. The zero-order chi connectivity index (χ0) is 20.0. The number of hydrogen-bond acceptors (Lipinski definition) is 6. The molecule has 150 valence electrons. The Hall–Kier alpha value is -2.00. The highest BCUT2D eigenvalue weighted by atomic mass is 35.5. The van der Waals surface area contributed by atoms with Crippen molar-refractivity contribution in [3.05, 3.63) is 16.8 Å². The second-order valence-corrected chi connectivity index (χ2v) is 7.34. The van der Waals surface area contributed by atoms with Gasteiger partial charge in [0.15, 0.2) is 11.6 Å². The lowest BCUT2D eigenvalue weighted by atomic mass is 9.92. The summed E-state index contributed by atoms with van der Waals surface area (Å²) in [6.45, 7) is -0.275. The molecule has 2 rings (SSSR count). The second kappa shape index (κ2) is 9.80. The average molecular weight is 402 g/mol. The summed E-state index contributed by atoms with van der Waals surface area (Å²) in [5.41, 5.74) is -0.0251. The van der Waals surface area contributed by atoms with Crippen molar-refractivity contribution < 1.29 is 19.2 Å². The summed E-state index contributed by atoms with van der Waals surface area (Å²) in [5, 5.41) is 12.5. The van der Waals surface area contributed by atoms with Crippen molar-refractivity contribution in [3.63, 3.8) is 0 Å². The van der Waals surface area contributed by atoms with E-state index in [0.29, 0.717) is 17.4 Å². The summed E-state index contributed by atoms with van der Waals surface area (Å²) in [6, 6.07) is 0. The number of hydroxylamine groups is 2. The first-order valence-corrected chi connectivity index (χ1v) is 9.27. The average Bonchev–Trinajstić information content (AvgIpc) is 3.13. The lowest BCUT2D eigenvalue weighted by Gasteiger charge is -2.22. The largest absolute Gasteiger partial charge is 0.360 e. The summed E-state index contributed by atoms with van der Waals surface area (Å²) in [4.78, 5) is 32.5. The molecule has 1 saturated carbocycles. The Morgan fingerprint density at radius 1 is 1.41 bits per heavy atom. The van der Waals surface area contributed by atoms with Gasteiger partial charge in [-0.1, -0.05) is 25.7 Å². The maximum atomic E-state index is 14.5. The molecule has 1 aliphatic rings. The van der Waals surface area contributed by atoms with Gasteiger partial charge in [-0.3, -0.25) is 14.8 Å². The Labute approximate surface area is 162 Å². The monoisotopic (exact) mass is 401 g/mol. The zero-order valence-electron chi connectivity index (χ0n) is 15.5. The van der Waals surface area contributed by atoms with Gasteiger partial charge < -0.3 is 10.2 Å². The molecule has 27 heavy (non-hydrogen) atoms. The van der Waals surface area contributed by atoms with Crippen LogP contribution in [0.5, 0.6) is 0 Å². The van der Waals surface area contributed by atoms with Crippen LogP contribution in [0, 0.1) is 17.7 Å². The van der Waals surface area contributed by atoms with Crippen LogP contribution in [-0.2, 0) is 16.1 Å². The van der Waals surface area contributed by atoms with Crippen molar-refractivity contribution in [3.8, 4) is 0 Å². The topological polar surface area (TPSA) is 98.7 Å². The van der Waals surface area contributed by atoms with Crippen LogP contribution < -0.4 is 10.2 Å². The van der Waals surface area contributed by atoms with Gasteiger partial charge in [0.05, 0.1) is 19.0 Å². The van der Waals surface area contributed by atoms with E-state index in [-0.39, 0.29) is 42.2 Å². The molecule has 2 N–H and O–H groups in total. The number of hydrogen-bond donors (Lipinski definition) is 2. The summed E-state index contributed by atoms with van der Waals surface area (Å²) < 4.78 is 14.5. The maximum absolute atomic E-state index is 14.5. The van der Waals surface area contributed by atoms with Gasteiger partial charge in [-0.25, -0.2) is 14.4 Å². The molecule has 0 spiro atoms. The van der Waals surface area contributed by atoms with Crippen LogP contribution >= 0.6 is 11.6 Å². The third-order valence-corrected chi connectivity index (χ3v) is 4.89. The van der Waals surface area contributed by atoms with Crippen molar-refractivity contribution in [1.29, 1.82) is 0 Å². The number of halogens is 2. The van der Waals surface area contributed by atoms with Crippen LogP contribution in [-0.4, -0.2) is 53.2 Å². The fourth-order valence-electron chi connectivity index (χ4n) is 3.36. The van der Waals surface area contributed by atoms with Crippen molar-refractivity contribution in [2.24, 2.45) is 11.8 Å². The van der Waals surface area contributed by atoms with Crippen LogP contribution in [0.1, 0.15) is 37.8 Å². The third-order valence-electron chi connectivity index (χ3n) is 4.72. The SMILES string of the molecule is CN(C)c1nc(Cl)nc(CNC(=O)[C@H](CC2CCCC2)CN(O)C=O)c1F. The van der Waals surface area contributed by atoms with Crippen molar-refractivity contribution >= 4 is 29.7 Å². The Morgan fingerprint density at radius 3 is 2.67 bits per heavy atom. The molecular weight excluding hydrogens is 377 g/mol. The van der Waals surface area contributed by atoms with Gasteiger partial charge in [0.1, 0.15) is 5.69 Å². The van der Waals surface area contributed by atoms with E-state index in [1.165, 1.54) is 4.90 Å². The van der Waals surface area contributed by atoms with Crippen LogP contribution in [0.2, 0.25) is 5.28 Å². The summed E-state index contributed by atoms with van der Waals surface area (Å²) in [7, 11) is 3.24. The highest BCUT2D eigenvalue weighted by Gasteiger charge is 2.27. The second-order valence-electron chi connectivity index (χ2n) is 7.00. The van der Waals surface area contributed by atoms with E-state index in [2.05, 4.69) is 15.3 Å². The molecule has 1 aromatic rings. The predicted molar refractivity (Wildman–Crippen MR) is 97.8 cm³/mol. The fraction of sp³-hybridized carbons (Fsp3) is 0.647. The Balaban J connectivity index is 2.06. The number of nitrogens with zero attached hydrogens (tertiary/aromatic N) is 4. The number of aromatic nitrogens is 2. The van der Waals surface area contributed by atoms with Crippen LogP contribution in [0.15, 0.2) is 0 Å². The molecule has 1 atom stereocenters. The normalized spacial score (nSPS) is 15.4. The molecule has 1 fully saturated rings. The molecule has 1 aliphatic carbocycles. The van der Waals surface area contributed by atoms with Gasteiger partial charge in [0.2, 0.25) is 17.6 Å². The summed E-state index contributed by atoms with van der Waals surface area (Å²) in [5.74, 6) is -1.20. The van der Waals surface area contributed by atoms with Crippen molar-refractivity contribution in [1.82, 2.24) is 20.3 Å². The first-order valence-electron chi connectivity index (χ1n) is 8.89. The van der Waals surface area contributed by atoms with E-state index in [1.807, 2.05) is 0 Å². The molecule has 1 aromatic heterocycles. The van der Waals surface area contributed by atoms with Crippen molar-refractivity contribution in [2.45, 2.75) is 38.6 Å². The molecule has 1 heterocycles. The quantitative estimate of drug-likeness (QED) is 0.284. The highest BCUT2D eigenvalue weighted by molar-refractivity contribution is 6.28. The van der Waals surface area contributed by atoms with E-state index in [0.717, 1.165) is 25.7 Å². The van der Waals surface area contributed by atoms with Gasteiger partial charge in [-0.05, 0) is 23.9 Å². The molecular formula is C17H25ClFN5O3. The summed E-state index contributed by atoms with van der Waals surface area (Å²) >= 11 is 5.84. The standard InChI is InChI=1S/C17H25ClFN5O3/c1-23(2)15-14(19)13(21-17(18)22-15)8-20-16(26)12(9-24(27)10-25)7-11-5-3-4-6-11/h10-12,27H,3-9H2,1-2H3,(H,20,26)/t12-/m1/s1. The molecule has 10 heteroatoms. The van der Waals surface area contributed by atoms with E-state index in [9.17, 15) is 19.2 Å². The number of carbonyl (C=O) groups excluding carboxylic acids is 2. The Bertz CT molecular complexity index is 670. The molecule has 0 aromatic carbocycles. The number of amides is 2. The molecule has 0 aliphatic heterocycles. The van der Waals surface area contributed by atoms with Gasteiger partial charge >= 0.3 is 0 Å². The first-order chi connectivity index (χ1) is 12.8. The molecule has 0 radical (unpaired) electrons. The Kier molecular flexibility index (Phi) is 7.73. The third kappa shape index (κ3) is 6.00. The molecule has 2 amide bonds. The van der Waals surface area contributed by atoms with Crippen molar-refractivity contribution in [2.75, 3.05) is 25.5 Å². The van der Waals surface area contributed by atoms with E-state index < -0.39 is 11.7 Å². The molecule has 8 nitrogen and oxygen atoms in total. The molecule has 0 saturated heterocycles.